The predicted molar refractivity (Wildman–Crippen MR) is 52.9 cm³/mol. The molecule has 0 aromatic rings. The molecular weight excluding hydrogens is 196 g/mol. The lowest BCUT2D eigenvalue weighted by Crippen LogP contribution is -2.50. The molecule has 0 amide bonds. The van der Waals surface area contributed by atoms with Gasteiger partial charge < -0.3 is 14.6 Å². The first-order chi connectivity index (χ1) is 6.79. The van der Waals surface area contributed by atoms with E-state index in [-0.39, 0.29) is 30.5 Å². The number of hydrogen-bond acceptors (Lipinski definition) is 4. The maximum Gasteiger partial charge on any atom is 0.308 e. The molecule has 86 valence electrons. The first-order valence-corrected chi connectivity index (χ1v) is 5.38. The first-order valence-electron chi connectivity index (χ1n) is 5.38. The van der Waals surface area contributed by atoms with Gasteiger partial charge in [0.1, 0.15) is 12.2 Å². The summed E-state index contributed by atoms with van der Waals surface area (Å²) in [5.41, 5.74) is -0.558. The van der Waals surface area contributed by atoms with Gasteiger partial charge in [0.15, 0.2) is 5.79 Å². The van der Waals surface area contributed by atoms with Gasteiger partial charge in [0.05, 0.1) is 11.8 Å². The highest BCUT2D eigenvalue weighted by Gasteiger charge is 2.65. The van der Waals surface area contributed by atoms with Crippen molar-refractivity contribution in [3.63, 3.8) is 0 Å². The van der Waals surface area contributed by atoms with Crippen molar-refractivity contribution in [2.45, 2.75) is 52.1 Å². The topological polar surface area (TPSA) is 55.8 Å². The number of carbonyl (C=O) groups is 1. The second-order valence-corrected chi connectivity index (χ2v) is 5.34. The molecule has 2 saturated heterocycles. The molecule has 2 heterocycles. The quantitative estimate of drug-likeness (QED) is 0.663. The molecular formula is C11H18O4. The van der Waals surface area contributed by atoms with E-state index in [4.69, 9.17) is 9.47 Å². The zero-order valence-corrected chi connectivity index (χ0v) is 9.61. The van der Waals surface area contributed by atoms with E-state index in [0.29, 0.717) is 0 Å². The minimum absolute atomic E-state index is 0.0307. The zero-order valence-electron chi connectivity index (χ0n) is 9.61. The monoisotopic (exact) mass is 214 g/mol. The summed E-state index contributed by atoms with van der Waals surface area (Å²) < 4.78 is 10.9. The summed E-state index contributed by atoms with van der Waals surface area (Å²) in [6.07, 6.45) is -0.361. The van der Waals surface area contributed by atoms with Crippen LogP contribution in [0.1, 0.15) is 34.1 Å². The minimum atomic E-state index is -1.21. The smallest absolute Gasteiger partial charge is 0.308 e. The van der Waals surface area contributed by atoms with E-state index in [1.165, 1.54) is 0 Å². The summed E-state index contributed by atoms with van der Waals surface area (Å²) >= 11 is 0. The molecule has 3 atom stereocenters. The highest BCUT2D eigenvalue weighted by molar-refractivity contribution is 5.73. The van der Waals surface area contributed by atoms with E-state index in [0.717, 1.165) is 0 Å². The van der Waals surface area contributed by atoms with Crippen LogP contribution in [-0.2, 0) is 14.3 Å². The normalized spacial score (nSPS) is 43.2. The third-order valence-electron chi connectivity index (χ3n) is 3.71. The first kappa shape index (κ1) is 10.9. The Kier molecular flexibility index (Phi) is 2.14. The Bertz CT molecular complexity index is 297. The second-order valence-electron chi connectivity index (χ2n) is 5.34. The molecule has 2 fully saturated rings. The molecule has 0 spiro atoms. The Labute approximate surface area is 89.6 Å². The van der Waals surface area contributed by atoms with Gasteiger partial charge in [-0.1, -0.05) is 27.7 Å². The zero-order chi connectivity index (χ0) is 11.4. The van der Waals surface area contributed by atoms with Gasteiger partial charge in [0.2, 0.25) is 0 Å². The lowest BCUT2D eigenvalue weighted by molar-refractivity contribution is -0.262. The molecule has 2 aliphatic rings. The van der Waals surface area contributed by atoms with Crippen LogP contribution in [-0.4, -0.2) is 29.1 Å². The summed E-state index contributed by atoms with van der Waals surface area (Å²) in [5.74, 6) is -1.47. The van der Waals surface area contributed by atoms with E-state index in [1.807, 2.05) is 27.7 Å². The molecule has 2 aliphatic heterocycles. The second kappa shape index (κ2) is 2.95. The molecule has 0 aromatic carbocycles. The summed E-state index contributed by atoms with van der Waals surface area (Å²) in [6, 6.07) is 0. The Morgan fingerprint density at radius 3 is 2.53 bits per heavy atom. The van der Waals surface area contributed by atoms with Crippen LogP contribution in [0, 0.1) is 11.3 Å². The van der Waals surface area contributed by atoms with Gasteiger partial charge in [-0.2, -0.15) is 0 Å². The highest BCUT2D eigenvalue weighted by atomic mass is 16.7. The maximum absolute atomic E-state index is 11.1. The number of carbonyl (C=O) groups excluding carboxylic acids is 1. The molecule has 15 heavy (non-hydrogen) atoms. The van der Waals surface area contributed by atoms with Crippen LogP contribution in [0.4, 0.5) is 0 Å². The van der Waals surface area contributed by atoms with Gasteiger partial charge in [-0.25, -0.2) is 0 Å². The Morgan fingerprint density at radius 2 is 2.07 bits per heavy atom. The fourth-order valence-corrected chi connectivity index (χ4v) is 2.72. The number of aliphatic hydroxyl groups is 1. The summed E-state index contributed by atoms with van der Waals surface area (Å²) in [6.45, 7) is 7.59. The van der Waals surface area contributed by atoms with Crippen LogP contribution in [0.5, 0.6) is 0 Å². The SMILES string of the molecule is CC(C)[C@@]1(O)O[C@@H]2CC(=O)O[C@@H]2C1(C)C. The number of ether oxygens (including phenoxy) is 2. The van der Waals surface area contributed by atoms with Crippen LogP contribution in [0.25, 0.3) is 0 Å². The number of fused-ring (bicyclic) bond motifs is 1. The van der Waals surface area contributed by atoms with Crippen molar-refractivity contribution >= 4 is 5.97 Å². The molecule has 4 nitrogen and oxygen atoms in total. The third kappa shape index (κ3) is 1.24. The van der Waals surface area contributed by atoms with Gasteiger partial charge in [0, 0.05) is 5.92 Å². The maximum atomic E-state index is 11.1. The van der Waals surface area contributed by atoms with E-state index in [2.05, 4.69) is 0 Å². The van der Waals surface area contributed by atoms with Gasteiger partial charge >= 0.3 is 5.97 Å². The number of hydrogen-bond donors (Lipinski definition) is 1. The third-order valence-corrected chi connectivity index (χ3v) is 3.71. The van der Waals surface area contributed by atoms with E-state index in [1.54, 1.807) is 0 Å². The number of esters is 1. The van der Waals surface area contributed by atoms with Crippen molar-refractivity contribution in [2.24, 2.45) is 11.3 Å². The highest BCUT2D eigenvalue weighted by Crippen LogP contribution is 2.52. The van der Waals surface area contributed by atoms with Gasteiger partial charge in [-0.3, -0.25) is 4.79 Å². The van der Waals surface area contributed by atoms with E-state index >= 15 is 0 Å². The van der Waals surface area contributed by atoms with Crippen molar-refractivity contribution in [1.82, 2.24) is 0 Å². The Morgan fingerprint density at radius 1 is 1.47 bits per heavy atom. The van der Waals surface area contributed by atoms with Crippen molar-refractivity contribution < 1.29 is 19.4 Å². The minimum Gasteiger partial charge on any atom is -0.459 e. The molecule has 2 rings (SSSR count). The average Bonchev–Trinajstić information content (AvgIpc) is 2.52. The van der Waals surface area contributed by atoms with Crippen molar-refractivity contribution in [3.8, 4) is 0 Å². The summed E-state index contributed by atoms with van der Waals surface area (Å²) in [7, 11) is 0. The predicted octanol–water partition coefficient (Wildman–Crippen LogP) is 1.07. The standard InChI is InChI=1S/C11H18O4/c1-6(2)11(13)10(3,4)9-7(15-11)5-8(12)14-9/h6-7,9,13H,5H2,1-4H3/t7-,9+,11-/m1/s1. The molecule has 0 saturated carbocycles. The molecule has 0 aliphatic carbocycles. The van der Waals surface area contributed by atoms with Crippen molar-refractivity contribution in [1.29, 1.82) is 0 Å². The number of rotatable bonds is 1. The van der Waals surface area contributed by atoms with Gasteiger partial charge in [0.25, 0.3) is 0 Å². The lowest BCUT2D eigenvalue weighted by Gasteiger charge is -2.39. The summed E-state index contributed by atoms with van der Waals surface area (Å²) in [5, 5.41) is 10.5. The molecule has 0 radical (unpaired) electrons. The molecule has 1 N–H and O–H groups in total. The van der Waals surface area contributed by atoms with Crippen molar-refractivity contribution in [3.05, 3.63) is 0 Å². The Hall–Kier alpha value is -0.610. The molecule has 0 bridgehead atoms. The van der Waals surface area contributed by atoms with E-state index < -0.39 is 11.2 Å². The molecule has 0 unspecified atom stereocenters. The van der Waals surface area contributed by atoms with Crippen LogP contribution < -0.4 is 0 Å². The fraction of sp³-hybridized carbons (Fsp3) is 0.909. The molecule has 4 heteroatoms. The Balaban J connectivity index is 2.33. The summed E-state index contributed by atoms with van der Waals surface area (Å²) in [4.78, 5) is 11.1. The van der Waals surface area contributed by atoms with Crippen molar-refractivity contribution in [2.75, 3.05) is 0 Å². The van der Waals surface area contributed by atoms with Gasteiger partial charge in [-0.15, -0.1) is 0 Å². The molecule has 0 aromatic heterocycles. The van der Waals surface area contributed by atoms with Crippen LogP contribution in [0.3, 0.4) is 0 Å². The van der Waals surface area contributed by atoms with Crippen LogP contribution in [0.15, 0.2) is 0 Å². The average molecular weight is 214 g/mol. The lowest BCUT2D eigenvalue weighted by atomic mass is 9.74. The largest absolute Gasteiger partial charge is 0.459 e. The van der Waals surface area contributed by atoms with E-state index in [9.17, 15) is 9.90 Å². The fourth-order valence-electron chi connectivity index (χ4n) is 2.72. The van der Waals surface area contributed by atoms with Gasteiger partial charge in [-0.05, 0) is 0 Å². The van der Waals surface area contributed by atoms with Crippen LogP contribution in [0.2, 0.25) is 0 Å². The van der Waals surface area contributed by atoms with Crippen LogP contribution >= 0.6 is 0 Å².